The Balaban J connectivity index is 0.00000200. The van der Waals surface area contributed by atoms with Crippen molar-refractivity contribution in [2.24, 2.45) is 10.9 Å². The summed E-state index contributed by atoms with van der Waals surface area (Å²) in [5.41, 5.74) is 1.02. The van der Waals surface area contributed by atoms with E-state index in [0.29, 0.717) is 18.5 Å². The van der Waals surface area contributed by atoms with Gasteiger partial charge in [-0.2, -0.15) is 0 Å². The number of nitrogens with one attached hydrogen (secondary N) is 2. The van der Waals surface area contributed by atoms with Gasteiger partial charge in [0.25, 0.3) is 0 Å². The molecule has 112 valence electrons. The molecule has 0 bridgehead atoms. The number of nitrogens with zero attached hydrogens (tertiary/aromatic N) is 3. The molecule has 0 spiro atoms. The number of hydrogen-bond donors (Lipinski definition) is 2. The standard InChI is InChI=1S/C13H21N5S.HI/c1-9(2)10(3)16-12(14-4)15-7-11-8-18-5-6-19-13(18)17-11;/h5-6,8-10H,7H2,1-4H3,(H2,14,15,16);1H. The third kappa shape index (κ3) is 4.34. The zero-order valence-corrected chi connectivity index (χ0v) is 15.4. The first-order valence-electron chi connectivity index (χ1n) is 6.48. The van der Waals surface area contributed by atoms with Crippen LogP contribution in [0.2, 0.25) is 0 Å². The lowest BCUT2D eigenvalue weighted by atomic mass is 10.1. The average molecular weight is 407 g/mol. The number of rotatable bonds is 4. The summed E-state index contributed by atoms with van der Waals surface area (Å²) in [5, 5.41) is 8.69. The van der Waals surface area contributed by atoms with E-state index in [1.54, 1.807) is 18.4 Å². The number of imidazole rings is 1. The van der Waals surface area contributed by atoms with Crippen LogP contribution in [0.3, 0.4) is 0 Å². The van der Waals surface area contributed by atoms with Crippen molar-refractivity contribution in [1.82, 2.24) is 20.0 Å². The molecule has 0 aliphatic carbocycles. The third-order valence-electron chi connectivity index (χ3n) is 3.17. The van der Waals surface area contributed by atoms with E-state index in [4.69, 9.17) is 0 Å². The number of aromatic nitrogens is 2. The second kappa shape index (κ2) is 7.82. The third-order valence-corrected chi connectivity index (χ3v) is 3.94. The molecule has 0 amide bonds. The molecule has 7 heteroatoms. The van der Waals surface area contributed by atoms with Crippen molar-refractivity contribution in [3.63, 3.8) is 0 Å². The molecule has 0 saturated carbocycles. The van der Waals surface area contributed by atoms with Gasteiger partial charge >= 0.3 is 0 Å². The predicted molar refractivity (Wildman–Crippen MR) is 96.1 cm³/mol. The van der Waals surface area contributed by atoms with Gasteiger partial charge in [0.15, 0.2) is 10.9 Å². The Morgan fingerprint density at radius 3 is 2.80 bits per heavy atom. The Morgan fingerprint density at radius 2 is 2.20 bits per heavy atom. The molecule has 2 aromatic rings. The summed E-state index contributed by atoms with van der Waals surface area (Å²) in [6.45, 7) is 7.21. The van der Waals surface area contributed by atoms with Gasteiger partial charge in [-0.05, 0) is 12.8 Å². The van der Waals surface area contributed by atoms with Gasteiger partial charge in [-0.3, -0.25) is 9.39 Å². The monoisotopic (exact) mass is 407 g/mol. The quantitative estimate of drug-likeness (QED) is 0.466. The molecule has 0 radical (unpaired) electrons. The van der Waals surface area contributed by atoms with Crippen LogP contribution in [0.5, 0.6) is 0 Å². The fourth-order valence-electron chi connectivity index (χ4n) is 1.61. The maximum absolute atomic E-state index is 4.53. The number of halogens is 1. The van der Waals surface area contributed by atoms with Gasteiger partial charge in [-0.25, -0.2) is 4.98 Å². The second-order valence-corrected chi connectivity index (χ2v) is 5.80. The van der Waals surface area contributed by atoms with Gasteiger partial charge in [-0.1, -0.05) is 13.8 Å². The van der Waals surface area contributed by atoms with Crippen LogP contribution in [-0.4, -0.2) is 28.4 Å². The number of thiazole rings is 1. The first-order valence-corrected chi connectivity index (χ1v) is 7.36. The summed E-state index contributed by atoms with van der Waals surface area (Å²) in [6, 6.07) is 0.386. The Hall–Kier alpha value is -0.830. The molecule has 2 heterocycles. The highest BCUT2D eigenvalue weighted by atomic mass is 127. The first kappa shape index (κ1) is 17.2. The van der Waals surface area contributed by atoms with E-state index in [2.05, 4.69) is 41.4 Å². The summed E-state index contributed by atoms with van der Waals surface area (Å²) < 4.78 is 2.04. The highest BCUT2D eigenvalue weighted by Gasteiger charge is 2.09. The van der Waals surface area contributed by atoms with Crippen LogP contribution in [0.4, 0.5) is 0 Å². The molecule has 0 aliphatic rings. The van der Waals surface area contributed by atoms with Crippen LogP contribution in [-0.2, 0) is 6.54 Å². The maximum atomic E-state index is 4.53. The van der Waals surface area contributed by atoms with Crippen molar-refractivity contribution in [1.29, 1.82) is 0 Å². The fourth-order valence-corrected chi connectivity index (χ4v) is 2.33. The van der Waals surface area contributed by atoms with E-state index >= 15 is 0 Å². The largest absolute Gasteiger partial charge is 0.354 e. The van der Waals surface area contributed by atoms with E-state index < -0.39 is 0 Å². The van der Waals surface area contributed by atoms with Crippen LogP contribution >= 0.6 is 35.3 Å². The van der Waals surface area contributed by atoms with Crippen molar-refractivity contribution >= 4 is 46.2 Å². The van der Waals surface area contributed by atoms with Crippen LogP contribution in [0.15, 0.2) is 22.8 Å². The molecule has 20 heavy (non-hydrogen) atoms. The maximum Gasteiger partial charge on any atom is 0.193 e. The van der Waals surface area contributed by atoms with E-state index in [0.717, 1.165) is 16.6 Å². The van der Waals surface area contributed by atoms with Crippen molar-refractivity contribution in [3.05, 3.63) is 23.5 Å². The highest BCUT2D eigenvalue weighted by molar-refractivity contribution is 14.0. The Kier molecular flexibility index (Phi) is 6.74. The predicted octanol–water partition coefficient (Wildman–Crippen LogP) is 2.72. The Labute approximate surface area is 140 Å². The zero-order chi connectivity index (χ0) is 13.8. The van der Waals surface area contributed by atoms with Gasteiger partial charge in [0.2, 0.25) is 0 Å². The average Bonchev–Trinajstić information content (AvgIpc) is 2.94. The van der Waals surface area contributed by atoms with Gasteiger partial charge in [-0.15, -0.1) is 35.3 Å². The molecule has 1 atom stereocenters. The number of fused-ring (bicyclic) bond motifs is 1. The van der Waals surface area contributed by atoms with Gasteiger partial charge in [0.05, 0.1) is 12.2 Å². The van der Waals surface area contributed by atoms with Crippen molar-refractivity contribution in [2.75, 3.05) is 7.05 Å². The lowest BCUT2D eigenvalue weighted by Crippen LogP contribution is -2.43. The minimum Gasteiger partial charge on any atom is -0.354 e. The number of guanidine groups is 1. The van der Waals surface area contributed by atoms with Gasteiger partial charge < -0.3 is 10.6 Å². The van der Waals surface area contributed by atoms with Gasteiger partial charge in [0, 0.05) is 30.9 Å². The molecule has 2 N–H and O–H groups in total. The van der Waals surface area contributed by atoms with E-state index in [1.165, 1.54) is 0 Å². The Morgan fingerprint density at radius 1 is 1.45 bits per heavy atom. The first-order chi connectivity index (χ1) is 9.10. The van der Waals surface area contributed by atoms with Crippen molar-refractivity contribution < 1.29 is 0 Å². The van der Waals surface area contributed by atoms with Crippen molar-refractivity contribution in [2.45, 2.75) is 33.4 Å². The normalized spacial score (nSPS) is 13.3. The summed E-state index contributed by atoms with van der Waals surface area (Å²) >= 11 is 1.64. The molecule has 0 saturated heterocycles. The summed E-state index contributed by atoms with van der Waals surface area (Å²) in [6.07, 6.45) is 4.06. The fraction of sp³-hybridized carbons (Fsp3) is 0.538. The minimum atomic E-state index is 0. The molecule has 5 nitrogen and oxygen atoms in total. The molecule has 2 aromatic heterocycles. The molecule has 0 fully saturated rings. The molecular weight excluding hydrogens is 385 g/mol. The van der Waals surface area contributed by atoms with E-state index in [-0.39, 0.29) is 24.0 Å². The molecule has 2 rings (SSSR count). The van der Waals surface area contributed by atoms with Crippen LogP contribution in [0.1, 0.15) is 26.5 Å². The summed E-state index contributed by atoms with van der Waals surface area (Å²) in [5.74, 6) is 1.38. The SMILES string of the molecule is CN=C(NCc1cn2ccsc2n1)NC(C)C(C)C.I. The zero-order valence-electron chi connectivity index (χ0n) is 12.3. The smallest absolute Gasteiger partial charge is 0.193 e. The van der Waals surface area contributed by atoms with Crippen LogP contribution in [0, 0.1) is 5.92 Å². The topological polar surface area (TPSA) is 53.7 Å². The minimum absolute atomic E-state index is 0. The molecule has 0 aromatic carbocycles. The lowest BCUT2D eigenvalue weighted by Gasteiger charge is -2.20. The summed E-state index contributed by atoms with van der Waals surface area (Å²) in [4.78, 5) is 9.78. The summed E-state index contributed by atoms with van der Waals surface area (Å²) in [7, 11) is 1.79. The van der Waals surface area contributed by atoms with Crippen molar-refractivity contribution in [3.8, 4) is 0 Å². The van der Waals surface area contributed by atoms with Gasteiger partial charge in [0.1, 0.15) is 0 Å². The molecule has 1 unspecified atom stereocenters. The molecular formula is C13H22IN5S. The van der Waals surface area contributed by atoms with Crippen LogP contribution in [0.25, 0.3) is 4.96 Å². The van der Waals surface area contributed by atoms with E-state index in [1.807, 2.05) is 22.2 Å². The molecule has 0 aliphatic heterocycles. The van der Waals surface area contributed by atoms with E-state index in [9.17, 15) is 0 Å². The number of hydrogen-bond acceptors (Lipinski definition) is 3. The Bertz CT molecular complexity index is 531. The van der Waals surface area contributed by atoms with Crippen LogP contribution < -0.4 is 10.6 Å². The number of aliphatic imine (C=N–C) groups is 1. The second-order valence-electron chi connectivity index (χ2n) is 4.93. The lowest BCUT2D eigenvalue weighted by molar-refractivity contribution is 0.480. The highest BCUT2D eigenvalue weighted by Crippen LogP contribution is 2.11.